The van der Waals surface area contributed by atoms with Crippen molar-refractivity contribution < 1.29 is 9.53 Å². The van der Waals surface area contributed by atoms with E-state index in [1.54, 1.807) is 23.5 Å². The van der Waals surface area contributed by atoms with E-state index in [1.807, 2.05) is 36.4 Å². The molecule has 0 aromatic carbocycles. The number of rotatable bonds is 4. The van der Waals surface area contributed by atoms with Crippen LogP contribution in [0.5, 0.6) is 5.88 Å². The minimum absolute atomic E-state index is 0.0351. The van der Waals surface area contributed by atoms with E-state index < -0.39 is 0 Å². The Morgan fingerprint density at radius 3 is 2.88 bits per heavy atom. The number of carbonyl (C=O) groups is 1. The standard InChI is InChI=1S/C17H22N4O2S/c1-13(2)23-15-6-3-5-14(19-15)16(22)20-8-4-9-21(11-10-20)17-18-7-12-24-17/h3,5-7,12-13H,4,8-11H2,1-2H3. The molecular weight excluding hydrogens is 324 g/mol. The predicted molar refractivity (Wildman–Crippen MR) is 94.8 cm³/mol. The van der Waals surface area contributed by atoms with Gasteiger partial charge in [-0.05, 0) is 26.3 Å². The summed E-state index contributed by atoms with van der Waals surface area (Å²) in [6, 6.07) is 5.35. The van der Waals surface area contributed by atoms with Crippen LogP contribution < -0.4 is 9.64 Å². The monoisotopic (exact) mass is 346 g/mol. The second kappa shape index (κ2) is 7.61. The lowest BCUT2D eigenvalue weighted by molar-refractivity contribution is 0.0759. The van der Waals surface area contributed by atoms with Crippen LogP contribution in [-0.4, -0.2) is 53.1 Å². The zero-order chi connectivity index (χ0) is 16.9. The van der Waals surface area contributed by atoms with Gasteiger partial charge in [-0.1, -0.05) is 6.07 Å². The number of anilines is 1. The van der Waals surface area contributed by atoms with E-state index in [-0.39, 0.29) is 12.0 Å². The molecule has 1 aliphatic heterocycles. The van der Waals surface area contributed by atoms with E-state index in [0.29, 0.717) is 18.1 Å². The summed E-state index contributed by atoms with van der Waals surface area (Å²) in [5.41, 5.74) is 0.441. The molecule has 1 saturated heterocycles. The molecule has 0 radical (unpaired) electrons. The number of ether oxygens (including phenoxy) is 1. The number of thiazole rings is 1. The number of carbonyl (C=O) groups excluding carboxylic acids is 1. The van der Waals surface area contributed by atoms with Crippen LogP contribution in [0.3, 0.4) is 0 Å². The van der Waals surface area contributed by atoms with E-state index in [1.165, 1.54) is 0 Å². The van der Waals surface area contributed by atoms with Gasteiger partial charge in [0.2, 0.25) is 5.88 Å². The van der Waals surface area contributed by atoms with Crippen molar-refractivity contribution in [3.8, 4) is 5.88 Å². The molecule has 7 heteroatoms. The van der Waals surface area contributed by atoms with Crippen molar-refractivity contribution in [2.24, 2.45) is 0 Å². The van der Waals surface area contributed by atoms with Crippen LogP contribution >= 0.6 is 11.3 Å². The highest BCUT2D eigenvalue weighted by Crippen LogP contribution is 2.20. The molecule has 0 atom stereocenters. The lowest BCUT2D eigenvalue weighted by atomic mass is 10.3. The molecule has 0 spiro atoms. The van der Waals surface area contributed by atoms with Crippen molar-refractivity contribution in [1.29, 1.82) is 0 Å². The molecule has 1 amide bonds. The second-order valence-corrected chi connectivity index (χ2v) is 6.85. The fourth-order valence-corrected chi connectivity index (χ4v) is 3.38. The summed E-state index contributed by atoms with van der Waals surface area (Å²) < 4.78 is 5.59. The molecule has 24 heavy (non-hydrogen) atoms. The Kier molecular flexibility index (Phi) is 5.30. The smallest absolute Gasteiger partial charge is 0.272 e. The first-order chi connectivity index (χ1) is 11.6. The summed E-state index contributed by atoms with van der Waals surface area (Å²) in [6.45, 7) is 7.01. The van der Waals surface area contributed by atoms with Gasteiger partial charge in [0.05, 0.1) is 6.10 Å². The van der Waals surface area contributed by atoms with Crippen LogP contribution in [0.2, 0.25) is 0 Å². The first kappa shape index (κ1) is 16.7. The average Bonchev–Trinajstić information content (AvgIpc) is 2.99. The Morgan fingerprint density at radius 2 is 2.12 bits per heavy atom. The quantitative estimate of drug-likeness (QED) is 0.852. The van der Waals surface area contributed by atoms with Gasteiger partial charge < -0.3 is 14.5 Å². The maximum Gasteiger partial charge on any atom is 0.272 e. The van der Waals surface area contributed by atoms with E-state index >= 15 is 0 Å². The molecule has 3 heterocycles. The van der Waals surface area contributed by atoms with Crippen molar-refractivity contribution in [3.63, 3.8) is 0 Å². The normalized spacial score (nSPS) is 15.5. The molecule has 128 valence electrons. The molecule has 0 unspecified atom stereocenters. The highest BCUT2D eigenvalue weighted by atomic mass is 32.1. The Hall–Kier alpha value is -2.15. The van der Waals surface area contributed by atoms with Crippen molar-refractivity contribution in [2.45, 2.75) is 26.4 Å². The predicted octanol–water partition coefficient (Wildman–Crippen LogP) is 2.68. The number of hydrogen-bond donors (Lipinski definition) is 0. The first-order valence-electron chi connectivity index (χ1n) is 8.21. The maximum atomic E-state index is 12.8. The van der Waals surface area contributed by atoms with Crippen LogP contribution in [0.4, 0.5) is 5.13 Å². The van der Waals surface area contributed by atoms with Gasteiger partial charge in [0.1, 0.15) is 5.69 Å². The SMILES string of the molecule is CC(C)Oc1cccc(C(=O)N2CCCN(c3nccs3)CC2)n1. The Bertz CT molecular complexity index is 675. The molecular formula is C17H22N4O2S. The number of aromatic nitrogens is 2. The lowest BCUT2D eigenvalue weighted by Crippen LogP contribution is -2.35. The fourth-order valence-electron chi connectivity index (χ4n) is 2.69. The van der Waals surface area contributed by atoms with E-state index in [0.717, 1.165) is 31.2 Å². The van der Waals surface area contributed by atoms with Crippen molar-refractivity contribution in [2.75, 3.05) is 31.1 Å². The van der Waals surface area contributed by atoms with Crippen molar-refractivity contribution >= 4 is 22.4 Å². The second-order valence-electron chi connectivity index (χ2n) is 5.98. The average molecular weight is 346 g/mol. The zero-order valence-corrected chi connectivity index (χ0v) is 14.8. The Balaban J connectivity index is 1.67. The van der Waals surface area contributed by atoms with Gasteiger partial charge in [-0.2, -0.15) is 0 Å². The summed E-state index contributed by atoms with van der Waals surface area (Å²) >= 11 is 1.63. The van der Waals surface area contributed by atoms with E-state index in [9.17, 15) is 4.79 Å². The minimum Gasteiger partial charge on any atom is -0.475 e. The van der Waals surface area contributed by atoms with Gasteiger partial charge in [0.15, 0.2) is 5.13 Å². The molecule has 2 aromatic rings. The van der Waals surface area contributed by atoms with Gasteiger partial charge in [-0.3, -0.25) is 4.79 Å². The van der Waals surface area contributed by atoms with Crippen molar-refractivity contribution in [3.05, 3.63) is 35.5 Å². The molecule has 0 N–H and O–H groups in total. The van der Waals surface area contributed by atoms with Gasteiger partial charge >= 0.3 is 0 Å². The largest absolute Gasteiger partial charge is 0.475 e. The van der Waals surface area contributed by atoms with Crippen LogP contribution in [-0.2, 0) is 0 Å². The van der Waals surface area contributed by atoms with Crippen molar-refractivity contribution in [1.82, 2.24) is 14.9 Å². The number of pyridine rings is 1. The molecule has 6 nitrogen and oxygen atoms in total. The number of nitrogens with zero attached hydrogens (tertiary/aromatic N) is 4. The molecule has 0 saturated carbocycles. The summed E-state index contributed by atoms with van der Waals surface area (Å²) in [5, 5.41) is 3.00. The van der Waals surface area contributed by atoms with Gasteiger partial charge in [-0.15, -0.1) is 11.3 Å². The Morgan fingerprint density at radius 1 is 1.25 bits per heavy atom. The first-order valence-corrected chi connectivity index (χ1v) is 9.09. The molecule has 0 aliphatic carbocycles. The van der Waals surface area contributed by atoms with Crippen LogP contribution in [0.25, 0.3) is 0 Å². The minimum atomic E-state index is -0.0369. The van der Waals surface area contributed by atoms with Gasteiger partial charge in [-0.25, -0.2) is 9.97 Å². The van der Waals surface area contributed by atoms with E-state index in [4.69, 9.17) is 4.74 Å². The van der Waals surface area contributed by atoms with Crippen LogP contribution in [0, 0.1) is 0 Å². The topological polar surface area (TPSA) is 58.6 Å². The zero-order valence-electron chi connectivity index (χ0n) is 14.0. The summed E-state index contributed by atoms with van der Waals surface area (Å²) in [5.74, 6) is 0.459. The molecule has 3 rings (SSSR count). The third-order valence-corrected chi connectivity index (χ3v) is 4.60. The number of amides is 1. The molecule has 0 bridgehead atoms. The molecule has 1 fully saturated rings. The lowest BCUT2D eigenvalue weighted by Gasteiger charge is -2.21. The molecule has 2 aromatic heterocycles. The molecule has 1 aliphatic rings. The Labute approximate surface area is 146 Å². The summed E-state index contributed by atoms with van der Waals surface area (Å²) in [7, 11) is 0. The highest BCUT2D eigenvalue weighted by Gasteiger charge is 2.22. The van der Waals surface area contributed by atoms with Crippen LogP contribution in [0.15, 0.2) is 29.8 Å². The summed E-state index contributed by atoms with van der Waals surface area (Å²) in [4.78, 5) is 25.6. The van der Waals surface area contributed by atoms with E-state index in [2.05, 4.69) is 14.9 Å². The highest BCUT2D eigenvalue weighted by molar-refractivity contribution is 7.13. The third kappa shape index (κ3) is 4.03. The van der Waals surface area contributed by atoms with Gasteiger partial charge in [0, 0.05) is 43.8 Å². The number of hydrogen-bond acceptors (Lipinski definition) is 6. The van der Waals surface area contributed by atoms with Gasteiger partial charge in [0.25, 0.3) is 5.91 Å². The third-order valence-electron chi connectivity index (χ3n) is 3.77. The fraction of sp³-hybridized carbons (Fsp3) is 0.471. The summed E-state index contributed by atoms with van der Waals surface area (Å²) in [6.07, 6.45) is 2.78. The maximum absolute atomic E-state index is 12.8. The van der Waals surface area contributed by atoms with Crippen LogP contribution in [0.1, 0.15) is 30.8 Å².